The first-order chi connectivity index (χ1) is 8.74. The smallest absolute Gasteiger partial charge is 0.310 e. The Hall–Kier alpha value is -1.65. The van der Waals surface area contributed by atoms with Crippen LogP contribution in [0, 0.1) is 0 Å². The highest BCUT2D eigenvalue weighted by Gasteiger charge is 2.05. The molecule has 2 aromatic heterocycles. The fourth-order valence-corrected chi connectivity index (χ4v) is 1.62. The second-order valence-corrected chi connectivity index (χ2v) is 4.15. The third-order valence-electron chi connectivity index (χ3n) is 2.23. The molecule has 0 bridgehead atoms. The first-order valence-corrected chi connectivity index (χ1v) is 5.76. The molecule has 0 spiro atoms. The van der Waals surface area contributed by atoms with E-state index in [9.17, 15) is 4.79 Å². The van der Waals surface area contributed by atoms with Crippen molar-refractivity contribution in [1.82, 2.24) is 9.97 Å². The fourth-order valence-electron chi connectivity index (χ4n) is 1.42. The van der Waals surface area contributed by atoms with E-state index in [2.05, 4.69) is 9.97 Å². The molecular formula is C13H12Cl2N2O2. The zero-order valence-corrected chi connectivity index (χ0v) is 11.5. The van der Waals surface area contributed by atoms with Gasteiger partial charge in [0.2, 0.25) is 0 Å². The number of ether oxygens (including phenoxy) is 1. The van der Waals surface area contributed by atoms with Crippen molar-refractivity contribution in [2.45, 2.75) is 13.0 Å². The Kier molecular flexibility index (Phi) is 6.25. The highest BCUT2D eigenvalue weighted by molar-refractivity contribution is 6.30. The van der Waals surface area contributed by atoms with Gasteiger partial charge in [-0.25, -0.2) is 0 Å². The molecule has 0 saturated carbocycles. The number of hydrogen-bond donors (Lipinski definition) is 0. The summed E-state index contributed by atoms with van der Waals surface area (Å²) < 4.78 is 5.12. The maximum Gasteiger partial charge on any atom is 0.310 e. The Balaban J connectivity index is 0.00000180. The van der Waals surface area contributed by atoms with Crippen molar-refractivity contribution in [2.75, 3.05) is 0 Å². The summed E-state index contributed by atoms with van der Waals surface area (Å²) in [5, 5.41) is 0.524. The molecule has 19 heavy (non-hydrogen) atoms. The molecule has 0 fully saturated rings. The zero-order chi connectivity index (χ0) is 12.8. The van der Waals surface area contributed by atoms with E-state index in [1.54, 1.807) is 30.7 Å². The quantitative estimate of drug-likeness (QED) is 0.815. The molecule has 0 aromatic carbocycles. The average Bonchev–Trinajstić information content (AvgIpc) is 2.38. The SMILES string of the molecule is Cl.O=C(Cc1cccnc1)OCc1cncc(Cl)c1. The zero-order valence-electron chi connectivity index (χ0n) is 9.95. The van der Waals surface area contributed by atoms with Crippen LogP contribution in [0.5, 0.6) is 0 Å². The van der Waals surface area contributed by atoms with Crippen LogP contribution >= 0.6 is 24.0 Å². The molecule has 2 heterocycles. The molecule has 100 valence electrons. The Morgan fingerprint density at radius 3 is 2.68 bits per heavy atom. The predicted octanol–water partition coefficient (Wildman–Crippen LogP) is 2.84. The van der Waals surface area contributed by atoms with Crippen molar-refractivity contribution in [3.63, 3.8) is 0 Å². The minimum Gasteiger partial charge on any atom is -0.460 e. The Morgan fingerprint density at radius 1 is 1.21 bits per heavy atom. The fraction of sp³-hybridized carbons (Fsp3) is 0.154. The van der Waals surface area contributed by atoms with E-state index in [1.807, 2.05) is 6.07 Å². The molecule has 6 heteroatoms. The second kappa shape index (κ2) is 7.71. The summed E-state index contributed by atoms with van der Waals surface area (Å²) in [5.74, 6) is -0.303. The Bertz CT molecular complexity index is 535. The van der Waals surface area contributed by atoms with Gasteiger partial charge in [0.25, 0.3) is 0 Å². The van der Waals surface area contributed by atoms with Gasteiger partial charge in [-0.05, 0) is 17.7 Å². The van der Waals surface area contributed by atoms with Crippen LogP contribution in [-0.2, 0) is 22.6 Å². The molecular weight excluding hydrogens is 287 g/mol. The molecule has 2 aromatic rings. The topological polar surface area (TPSA) is 52.1 Å². The van der Waals surface area contributed by atoms with Gasteiger partial charge >= 0.3 is 5.97 Å². The van der Waals surface area contributed by atoms with Crippen LogP contribution < -0.4 is 0 Å². The predicted molar refractivity (Wildman–Crippen MR) is 74.2 cm³/mol. The Labute approximate surface area is 122 Å². The maximum atomic E-state index is 11.6. The summed E-state index contributed by atoms with van der Waals surface area (Å²) in [4.78, 5) is 19.4. The number of nitrogens with zero attached hydrogens (tertiary/aromatic N) is 2. The van der Waals surface area contributed by atoms with Gasteiger partial charge in [0.15, 0.2) is 0 Å². The van der Waals surface area contributed by atoms with Gasteiger partial charge in [0.05, 0.1) is 11.4 Å². The largest absolute Gasteiger partial charge is 0.460 e. The van der Waals surface area contributed by atoms with Crippen LogP contribution in [0.4, 0.5) is 0 Å². The number of aromatic nitrogens is 2. The van der Waals surface area contributed by atoms with E-state index in [-0.39, 0.29) is 31.4 Å². The van der Waals surface area contributed by atoms with E-state index in [1.165, 1.54) is 6.20 Å². The number of carbonyl (C=O) groups excluding carboxylic acids is 1. The molecule has 0 amide bonds. The minimum atomic E-state index is -0.303. The molecule has 0 saturated heterocycles. The average molecular weight is 299 g/mol. The highest BCUT2D eigenvalue weighted by Crippen LogP contribution is 2.09. The van der Waals surface area contributed by atoms with Gasteiger partial charge < -0.3 is 4.74 Å². The summed E-state index contributed by atoms with van der Waals surface area (Å²) in [5.41, 5.74) is 1.59. The molecule has 0 unspecified atom stereocenters. The molecule has 0 aliphatic heterocycles. The normalized spacial score (nSPS) is 9.53. The molecule has 0 atom stereocenters. The lowest BCUT2D eigenvalue weighted by Gasteiger charge is -2.04. The number of carbonyl (C=O) groups is 1. The van der Waals surface area contributed by atoms with Crippen molar-refractivity contribution in [2.24, 2.45) is 0 Å². The number of hydrogen-bond acceptors (Lipinski definition) is 4. The van der Waals surface area contributed by atoms with Crippen LogP contribution in [0.2, 0.25) is 5.02 Å². The third-order valence-corrected chi connectivity index (χ3v) is 2.44. The number of rotatable bonds is 4. The van der Waals surface area contributed by atoms with Gasteiger partial charge in [-0.1, -0.05) is 17.7 Å². The summed E-state index contributed by atoms with van der Waals surface area (Å²) in [6, 6.07) is 5.32. The molecule has 0 aliphatic rings. The summed E-state index contributed by atoms with van der Waals surface area (Å²) in [7, 11) is 0. The lowest BCUT2D eigenvalue weighted by Crippen LogP contribution is -2.08. The first-order valence-electron chi connectivity index (χ1n) is 5.38. The standard InChI is InChI=1S/C13H11ClN2O2.ClH/c14-12-4-11(7-16-8-12)9-18-13(17)5-10-2-1-3-15-6-10;/h1-4,6-8H,5,9H2;1H. The highest BCUT2D eigenvalue weighted by atomic mass is 35.5. The van der Waals surface area contributed by atoms with Crippen LogP contribution in [0.25, 0.3) is 0 Å². The van der Waals surface area contributed by atoms with Gasteiger partial charge in [-0.2, -0.15) is 0 Å². The van der Waals surface area contributed by atoms with E-state index in [0.29, 0.717) is 5.02 Å². The number of esters is 1. The molecule has 0 N–H and O–H groups in total. The third kappa shape index (κ3) is 5.24. The number of pyridine rings is 2. The van der Waals surface area contributed by atoms with Gasteiger partial charge in [-0.3, -0.25) is 14.8 Å². The lowest BCUT2D eigenvalue weighted by molar-refractivity contribution is -0.144. The summed E-state index contributed by atoms with van der Waals surface area (Å²) >= 11 is 5.78. The Morgan fingerprint density at radius 2 is 2.00 bits per heavy atom. The van der Waals surface area contributed by atoms with E-state index < -0.39 is 0 Å². The lowest BCUT2D eigenvalue weighted by atomic mass is 10.2. The van der Waals surface area contributed by atoms with Gasteiger partial charge in [0.1, 0.15) is 6.61 Å². The first kappa shape index (κ1) is 15.4. The second-order valence-electron chi connectivity index (χ2n) is 3.71. The molecule has 0 radical (unpaired) electrons. The van der Waals surface area contributed by atoms with Crippen LogP contribution in [0.15, 0.2) is 43.0 Å². The van der Waals surface area contributed by atoms with Crippen LogP contribution in [-0.4, -0.2) is 15.9 Å². The summed E-state index contributed by atoms with van der Waals surface area (Å²) in [6.45, 7) is 0.173. The van der Waals surface area contributed by atoms with Crippen molar-refractivity contribution in [3.8, 4) is 0 Å². The van der Waals surface area contributed by atoms with Gasteiger partial charge in [-0.15, -0.1) is 12.4 Å². The van der Waals surface area contributed by atoms with E-state index in [4.69, 9.17) is 16.3 Å². The van der Waals surface area contributed by atoms with Crippen molar-refractivity contribution < 1.29 is 9.53 Å². The van der Waals surface area contributed by atoms with E-state index >= 15 is 0 Å². The van der Waals surface area contributed by atoms with Crippen molar-refractivity contribution in [3.05, 3.63) is 59.1 Å². The van der Waals surface area contributed by atoms with Gasteiger partial charge in [0, 0.05) is 30.4 Å². The molecule has 4 nitrogen and oxygen atoms in total. The van der Waals surface area contributed by atoms with Crippen molar-refractivity contribution >= 4 is 30.0 Å². The minimum absolute atomic E-state index is 0. The van der Waals surface area contributed by atoms with Crippen LogP contribution in [0.1, 0.15) is 11.1 Å². The van der Waals surface area contributed by atoms with E-state index in [0.717, 1.165) is 11.1 Å². The van der Waals surface area contributed by atoms with Crippen molar-refractivity contribution in [1.29, 1.82) is 0 Å². The monoisotopic (exact) mass is 298 g/mol. The molecule has 2 rings (SSSR count). The summed E-state index contributed by atoms with van der Waals surface area (Å²) in [6.07, 6.45) is 6.66. The maximum absolute atomic E-state index is 11.6. The number of halogens is 2. The molecule has 0 aliphatic carbocycles. The van der Waals surface area contributed by atoms with Crippen LogP contribution in [0.3, 0.4) is 0 Å².